The lowest BCUT2D eigenvalue weighted by atomic mass is 10.2. The molecule has 6 heteroatoms. The molecule has 1 aliphatic rings. The molecule has 0 amide bonds. The van der Waals surface area contributed by atoms with Gasteiger partial charge in [0.25, 0.3) is 0 Å². The molecular weight excluding hydrogens is 358 g/mol. The van der Waals surface area contributed by atoms with Crippen LogP contribution in [0.15, 0.2) is 60.8 Å². The fraction of sp³-hybridized carbons (Fsp3) is 0.238. The smallest absolute Gasteiger partial charge is 0.224 e. The molecule has 138 valence electrons. The summed E-state index contributed by atoms with van der Waals surface area (Å²) in [4.78, 5) is 11.2. The van der Waals surface area contributed by atoms with Gasteiger partial charge in [0.15, 0.2) is 0 Å². The molecule has 27 heavy (non-hydrogen) atoms. The summed E-state index contributed by atoms with van der Waals surface area (Å²) in [6.07, 6.45) is 4.30. The van der Waals surface area contributed by atoms with Crippen LogP contribution in [0, 0.1) is 0 Å². The maximum atomic E-state index is 6.19. The molecule has 0 radical (unpaired) electrons. The normalized spacial score (nSPS) is 13.6. The second-order valence-electron chi connectivity index (χ2n) is 6.58. The van der Waals surface area contributed by atoms with Crippen molar-refractivity contribution in [3.63, 3.8) is 0 Å². The molecule has 1 aliphatic heterocycles. The molecule has 3 aromatic rings. The van der Waals surface area contributed by atoms with Crippen LogP contribution in [0.1, 0.15) is 18.4 Å². The van der Waals surface area contributed by atoms with Gasteiger partial charge in [-0.2, -0.15) is 4.98 Å². The summed E-state index contributed by atoms with van der Waals surface area (Å²) in [5, 5.41) is 7.29. The summed E-state index contributed by atoms with van der Waals surface area (Å²) in [6.45, 7) is 2.88. The molecular formula is C21H22ClN5. The Bertz CT molecular complexity index is 891. The van der Waals surface area contributed by atoms with Crippen LogP contribution < -0.4 is 15.5 Å². The Morgan fingerprint density at radius 3 is 2.52 bits per heavy atom. The molecule has 0 bridgehead atoms. The van der Waals surface area contributed by atoms with E-state index in [-0.39, 0.29) is 0 Å². The maximum Gasteiger partial charge on any atom is 0.224 e. The third-order valence-electron chi connectivity index (χ3n) is 4.66. The van der Waals surface area contributed by atoms with Gasteiger partial charge < -0.3 is 15.5 Å². The molecule has 2 aromatic carbocycles. The average molecular weight is 380 g/mol. The lowest BCUT2D eigenvalue weighted by molar-refractivity contribution is 0.949. The lowest BCUT2D eigenvalue weighted by Gasteiger charge is -2.18. The summed E-state index contributed by atoms with van der Waals surface area (Å²) in [5.41, 5.74) is 3.30. The van der Waals surface area contributed by atoms with Crippen LogP contribution in [-0.2, 0) is 6.54 Å². The van der Waals surface area contributed by atoms with E-state index in [0.29, 0.717) is 12.5 Å². The quantitative estimate of drug-likeness (QED) is 0.625. The first kappa shape index (κ1) is 17.6. The minimum atomic E-state index is 0.564. The van der Waals surface area contributed by atoms with E-state index in [4.69, 9.17) is 11.6 Å². The van der Waals surface area contributed by atoms with Gasteiger partial charge in [0, 0.05) is 42.2 Å². The van der Waals surface area contributed by atoms with E-state index in [1.165, 1.54) is 18.5 Å². The van der Waals surface area contributed by atoms with Crippen molar-refractivity contribution < 1.29 is 0 Å². The van der Waals surface area contributed by atoms with Gasteiger partial charge >= 0.3 is 0 Å². The van der Waals surface area contributed by atoms with Gasteiger partial charge in [-0.25, -0.2) is 4.98 Å². The van der Waals surface area contributed by atoms with E-state index in [2.05, 4.69) is 49.8 Å². The Hall–Kier alpha value is -2.79. The SMILES string of the molecule is Clc1ccccc1CNc1nccc(Nc2ccc(N3CCCC3)cc2)n1. The lowest BCUT2D eigenvalue weighted by Crippen LogP contribution is -2.17. The monoisotopic (exact) mass is 379 g/mol. The first-order valence-corrected chi connectivity index (χ1v) is 9.58. The highest BCUT2D eigenvalue weighted by Crippen LogP contribution is 2.23. The van der Waals surface area contributed by atoms with Gasteiger partial charge in [0.2, 0.25) is 5.95 Å². The van der Waals surface area contributed by atoms with Gasteiger partial charge in [-0.15, -0.1) is 0 Å². The largest absolute Gasteiger partial charge is 0.372 e. The Kier molecular flexibility index (Phi) is 5.39. The Morgan fingerprint density at radius 1 is 0.963 bits per heavy atom. The number of hydrogen-bond acceptors (Lipinski definition) is 5. The van der Waals surface area contributed by atoms with Gasteiger partial charge in [-0.05, 0) is 54.8 Å². The number of hydrogen-bond donors (Lipinski definition) is 2. The molecule has 0 aliphatic carbocycles. The van der Waals surface area contributed by atoms with E-state index in [0.717, 1.165) is 35.2 Å². The number of halogens is 1. The van der Waals surface area contributed by atoms with E-state index < -0.39 is 0 Å². The minimum Gasteiger partial charge on any atom is -0.372 e. The molecule has 1 fully saturated rings. The highest BCUT2D eigenvalue weighted by atomic mass is 35.5. The van der Waals surface area contributed by atoms with Gasteiger partial charge in [0.05, 0.1) is 0 Å². The molecule has 1 saturated heterocycles. The maximum absolute atomic E-state index is 6.19. The van der Waals surface area contributed by atoms with E-state index >= 15 is 0 Å². The predicted octanol–water partition coefficient (Wildman–Crippen LogP) is 5.09. The second-order valence-corrected chi connectivity index (χ2v) is 6.98. The number of nitrogens with one attached hydrogen (secondary N) is 2. The molecule has 0 unspecified atom stereocenters. The Morgan fingerprint density at radius 2 is 1.74 bits per heavy atom. The molecule has 2 N–H and O–H groups in total. The van der Waals surface area contributed by atoms with Gasteiger partial charge in [-0.1, -0.05) is 29.8 Å². The summed E-state index contributed by atoms with van der Waals surface area (Å²) >= 11 is 6.19. The van der Waals surface area contributed by atoms with Crippen molar-refractivity contribution in [3.05, 3.63) is 71.4 Å². The van der Waals surface area contributed by atoms with Crippen LogP contribution in [0.3, 0.4) is 0 Å². The van der Waals surface area contributed by atoms with Gasteiger partial charge in [-0.3, -0.25) is 0 Å². The molecule has 0 spiro atoms. The molecule has 1 aromatic heterocycles. The fourth-order valence-electron chi connectivity index (χ4n) is 3.21. The van der Waals surface area contributed by atoms with Crippen molar-refractivity contribution in [3.8, 4) is 0 Å². The highest BCUT2D eigenvalue weighted by molar-refractivity contribution is 6.31. The fourth-order valence-corrected chi connectivity index (χ4v) is 3.41. The number of benzene rings is 2. The minimum absolute atomic E-state index is 0.564. The third kappa shape index (κ3) is 4.49. The molecule has 2 heterocycles. The second kappa shape index (κ2) is 8.27. The standard InChI is InChI=1S/C21H22ClN5/c22-19-6-2-1-5-16(19)15-24-21-23-12-11-20(26-21)25-17-7-9-18(10-8-17)27-13-3-4-14-27/h1-2,5-12H,3-4,13-15H2,(H2,23,24,25,26). The molecule has 5 nitrogen and oxygen atoms in total. The van der Waals surface area contributed by atoms with Crippen LogP contribution >= 0.6 is 11.6 Å². The number of aromatic nitrogens is 2. The summed E-state index contributed by atoms with van der Waals surface area (Å²) in [5.74, 6) is 1.31. The van der Waals surface area contributed by atoms with Crippen molar-refractivity contribution >= 4 is 34.7 Å². The summed E-state index contributed by atoms with van der Waals surface area (Å²) in [7, 11) is 0. The number of nitrogens with zero attached hydrogens (tertiary/aromatic N) is 3. The van der Waals surface area contributed by atoms with Gasteiger partial charge in [0.1, 0.15) is 5.82 Å². The molecule has 0 saturated carbocycles. The van der Waals surface area contributed by atoms with E-state index in [1.807, 2.05) is 30.3 Å². The van der Waals surface area contributed by atoms with Crippen molar-refractivity contribution in [2.24, 2.45) is 0 Å². The zero-order valence-corrected chi connectivity index (χ0v) is 15.8. The van der Waals surface area contributed by atoms with Crippen molar-refractivity contribution in [1.29, 1.82) is 0 Å². The number of rotatable bonds is 6. The van der Waals surface area contributed by atoms with Crippen molar-refractivity contribution in [1.82, 2.24) is 9.97 Å². The van der Waals surface area contributed by atoms with E-state index in [9.17, 15) is 0 Å². The first-order chi connectivity index (χ1) is 13.3. The summed E-state index contributed by atoms with van der Waals surface area (Å²) in [6, 6.07) is 18.1. The first-order valence-electron chi connectivity index (χ1n) is 9.20. The van der Waals surface area contributed by atoms with Crippen molar-refractivity contribution in [2.45, 2.75) is 19.4 Å². The Labute approximate surface area is 164 Å². The predicted molar refractivity (Wildman–Crippen MR) is 112 cm³/mol. The molecule has 0 atom stereocenters. The van der Waals surface area contributed by atoms with Crippen LogP contribution in [0.4, 0.5) is 23.1 Å². The summed E-state index contributed by atoms with van der Waals surface area (Å²) < 4.78 is 0. The number of anilines is 4. The Balaban J connectivity index is 1.39. The average Bonchev–Trinajstić information content (AvgIpc) is 3.23. The van der Waals surface area contributed by atoms with Crippen molar-refractivity contribution in [2.75, 3.05) is 28.6 Å². The zero-order valence-electron chi connectivity index (χ0n) is 15.0. The van der Waals surface area contributed by atoms with Crippen LogP contribution in [-0.4, -0.2) is 23.1 Å². The highest BCUT2D eigenvalue weighted by Gasteiger charge is 2.11. The van der Waals surface area contributed by atoms with Crippen LogP contribution in [0.5, 0.6) is 0 Å². The van der Waals surface area contributed by atoms with Crippen LogP contribution in [0.2, 0.25) is 5.02 Å². The third-order valence-corrected chi connectivity index (χ3v) is 5.03. The molecule has 4 rings (SSSR count). The zero-order chi connectivity index (χ0) is 18.5. The van der Waals surface area contributed by atoms with Crippen LogP contribution in [0.25, 0.3) is 0 Å². The topological polar surface area (TPSA) is 53.1 Å². The van der Waals surface area contributed by atoms with E-state index in [1.54, 1.807) is 6.20 Å².